The first-order valence-corrected chi connectivity index (χ1v) is 9.29. The van der Waals surface area contributed by atoms with Crippen LogP contribution in [0, 0.1) is 0 Å². The zero-order chi connectivity index (χ0) is 15.9. The molecule has 0 N–H and O–H groups in total. The number of ether oxygens (including phenoxy) is 1. The van der Waals surface area contributed by atoms with Crippen molar-refractivity contribution in [1.29, 1.82) is 0 Å². The highest BCUT2D eigenvalue weighted by Gasteiger charge is 2.25. The van der Waals surface area contributed by atoms with Crippen molar-refractivity contribution >= 4 is 16.7 Å². The molecule has 1 heterocycles. The van der Waals surface area contributed by atoms with E-state index in [1.54, 1.807) is 14.0 Å². The summed E-state index contributed by atoms with van der Waals surface area (Å²) in [5, 5.41) is -0.454. The highest BCUT2D eigenvalue weighted by Crippen LogP contribution is 2.17. The number of carbonyl (C=O) groups is 1. The fourth-order valence-electron chi connectivity index (χ4n) is 2.71. The van der Waals surface area contributed by atoms with E-state index in [4.69, 9.17) is 4.74 Å². The SMILES string of the molecule is COc1cccc(CS(=O)C(C)C(=O)N2CCCCCC2)c1. The molecule has 2 unspecified atom stereocenters. The lowest BCUT2D eigenvalue weighted by molar-refractivity contribution is -0.130. The fraction of sp³-hybridized carbons (Fsp3) is 0.588. The van der Waals surface area contributed by atoms with Crippen molar-refractivity contribution in [2.45, 2.75) is 43.6 Å². The summed E-state index contributed by atoms with van der Waals surface area (Å²) in [5.41, 5.74) is 0.938. The third-order valence-electron chi connectivity index (χ3n) is 4.10. The van der Waals surface area contributed by atoms with Crippen LogP contribution in [-0.4, -0.2) is 40.5 Å². The lowest BCUT2D eigenvalue weighted by Crippen LogP contribution is -2.40. The van der Waals surface area contributed by atoms with Crippen LogP contribution in [0.25, 0.3) is 0 Å². The number of rotatable bonds is 5. The summed E-state index contributed by atoms with van der Waals surface area (Å²) in [5.74, 6) is 1.17. The van der Waals surface area contributed by atoms with E-state index in [2.05, 4.69) is 0 Å². The minimum atomic E-state index is -1.21. The molecule has 1 saturated heterocycles. The summed E-state index contributed by atoms with van der Waals surface area (Å²) in [6.45, 7) is 3.39. The predicted molar refractivity (Wildman–Crippen MR) is 89.4 cm³/mol. The molecule has 0 spiro atoms. The molecule has 0 aliphatic carbocycles. The summed E-state index contributed by atoms with van der Waals surface area (Å²) in [6, 6.07) is 7.54. The molecular formula is C17H25NO3S. The van der Waals surface area contributed by atoms with Crippen LogP contribution >= 0.6 is 0 Å². The second kappa shape index (κ2) is 8.32. The summed E-state index contributed by atoms with van der Waals surface area (Å²) in [4.78, 5) is 14.4. The van der Waals surface area contributed by atoms with Crippen molar-refractivity contribution < 1.29 is 13.7 Å². The number of hydrogen-bond donors (Lipinski definition) is 0. The first kappa shape index (κ1) is 17.0. The molecule has 1 aromatic rings. The van der Waals surface area contributed by atoms with Gasteiger partial charge in [0.25, 0.3) is 0 Å². The van der Waals surface area contributed by atoms with Crippen LogP contribution in [0.3, 0.4) is 0 Å². The highest BCUT2D eigenvalue weighted by atomic mass is 32.2. The summed E-state index contributed by atoms with van der Waals surface area (Å²) < 4.78 is 17.7. The van der Waals surface area contributed by atoms with E-state index < -0.39 is 16.0 Å². The molecule has 1 fully saturated rings. The third-order valence-corrected chi connectivity index (χ3v) is 5.71. The van der Waals surface area contributed by atoms with E-state index in [1.807, 2.05) is 29.2 Å². The fourth-order valence-corrected chi connectivity index (χ4v) is 3.84. The standard InChI is InChI=1S/C17H25NO3S/c1-14(17(19)18-10-5-3-4-6-11-18)22(20)13-15-8-7-9-16(12-15)21-2/h7-9,12,14H,3-6,10-11,13H2,1-2H3. The minimum absolute atomic E-state index is 0.0307. The van der Waals surface area contributed by atoms with Crippen molar-refractivity contribution in [3.05, 3.63) is 29.8 Å². The average molecular weight is 323 g/mol. The van der Waals surface area contributed by atoms with Gasteiger partial charge in [0.2, 0.25) is 5.91 Å². The smallest absolute Gasteiger partial charge is 0.238 e. The van der Waals surface area contributed by atoms with E-state index in [0.717, 1.165) is 37.2 Å². The first-order valence-electron chi connectivity index (χ1n) is 7.90. The van der Waals surface area contributed by atoms with Crippen molar-refractivity contribution in [1.82, 2.24) is 4.90 Å². The number of amides is 1. The number of likely N-dealkylation sites (tertiary alicyclic amines) is 1. The van der Waals surface area contributed by atoms with Crippen LogP contribution in [0.4, 0.5) is 0 Å². The van der Waals surface area contributed by atoms with Crippen molar-refractivity contribution in [2.24, 2.45) is 0 Å². The highest BCUT2D eigenvalue weighted by molar-refractivity contribution is 7.85. The Kier molecular flexibility index (Phi) is 6.43. The largest absolute Gasteiger partial charge is 0.497 e. The zero-order valence-electron chi connectivity index (χ0n) is 13.4. The van der Waals surface area contributed by atoms with E-state index in [0.29, 0.717) is 5.75 Å². The minimum Gasteiger partial charge on any atom is -0.497 e. The monoisotopic (exact) mass is 323 g/mol. The van der Waals surface area contributed by atoms with Gasteiger partial charge in [-0.3, -0.25) is 9.00 Å². The molecule has 2 atom stereocenters. The Morgan fingerprint density at radius 3 is 2.59 bits per heavy atom. The second-order valence-electron chi connectivity index (χ2n) is 5.76. The number of nitrogens with zero attached hydrogens (tertiary/aromatic N) is 1. The van der Waals surface area contributed by atoms with Crippen molar-refractivity contribution in [2.75, 3.05) is 20.2 Å². The van der Waals surface area contributed by atoms with E-state index in [1.165, 1.54) is 12.8 Å². The Balaban J connectivity index is 1.96. The Morgan fingerprint density at radius 1 is 1.27 bits per heavy atom. The Labute approximate surface area is 135 Å². The van der Waals surface area contributed by atoms with Crippen LogP contribution in [-0.2, 0) is 21.3 Å². The molecule has 0 radical (unpaired) electrons. The van der Waals surface area contributed by atoms with E-state index in [9.17, 15) is 9.00 Å². The van der Waals surface area contributed by atoms with Gasteiger partial charge in [-0.25, -0.2) is 0 Å². The number of carbonyl (C=O) groups excluding carboxylic acids is 1. The van der Waals surface area contributed by atoms with Gasteiger partial charge >= 0.3 is 0 Å². The summed E-state index contributed by atoms with van der Waals surface area (Å²) in [6.07, 6.45) is 4.48. The molecule has 2 rings (SSSR count). The van der Waals surface area contributed by atoms with Gasteiger partial charge in [-0.2, -0.15) is 0 Å². The Hall–Kier alpha value is -1.36. The summed E-state index contributed by atoms with van der Waals surface area (Å²) in [7, 11) is 0.402. The molecule has 1 amide bonds. The Morgan fingerprint density at radius 2 is 1.95 bits per heavy atom. The van der Waals surface area contributed by atoms with Gasteiger partial charge in [0.15, 0.2) is 0 Å². The predicted octanol–water partition coefficient (Wildman–Crippen LogP) is 2.74. The van der Waals surface area contributed by atoms with Gasteiger partial charge in [0.05, 0.1) is 7.11 Å². The molecule has 0 bridgehead atoms. The van der Waals surface area contributed by atoms with Crippen LogP contribution < -0.4 is 4.74 Å². The molecule has 0 aromatic heterocycles. The maximum atomic E-state index is 12.5. The molecule has 22 heavy (non-hydrogen) atoms. The topological polar surface area (TPSA) is 46.6 Å². The van der Waals surface area contributed by atoms with Gasteiger partial charge in [-0.15, -0.1) is 0 Å². The molecule has 0 saturated carbocycles. The third kappa shape index (κ3) is 4.57. The van der Waals surface area contributed by atoms with Gasteiger partial charge in [0.1, 0.15) is 11.0 Å². The van der Waals surface area contributed by atoms with Crippen LogP contribution in [0.5, 0.6) is 5.75 Å². The Bertz CT molecular complexity index is 524. The van der Waals surface area contributed by atoms with Crippen molar-refractivity contribution in [3.8, 4) is 5.75 Å². The van der Waals surface area contributed by atoms with Crippen molar-refractivity contribution in [3.63, 3.8) is 0 Å². The van der Waals surface area contributed by atoms with E-state index in [-0.39, 0.29) is 5.91 Å². The van der Waals surface area contributed by atoms with Gasteiger partial charge < -0.3 is 9.64 Å². The number of methoxy groups -OCH3 is 1. The van der Waals surface area contributed by atoms with Crippen LogP contribution in [0.15, 0.2) is 24.3 Å². The molecule has 122 valence electrons. The second-order valence-corrected chi connectivity index (χ2v) is 7.52. The lowest BCUT2D eigenvalue weighted by atomic mass is 10.2. The molecule has 4 nitrogen and oxygen atoms in total. The average Bonchev–Trinajstić information content (AvgIpc) is 2.82. The summed E-state index contributed by atoms with van der Waals surface area (Å²) >= 11 is 0. The molecular weight excluding hydrogens is 298 g/mol. The first-order chi connectivity index (χ1) is 10.6. The zero-order valence-corrected chi connectivity index (χ0v) is 14.2. The maximum absolute atomic E-state index is 12.5. The molecule has 5 heteroatoms. The lowest BCUT2D eigenvalue weighted by Gasteiger charge is -2.23. The normalized spacial score (nSPS) is 18.4. The van der Waals surface area contributed by atoms with Crippen LogP contribution in [0.2, 0.25) is 0 Å². The van der Waals surface area contributed by atoms with E-state index >= 15 is 0 Å². The van der Waals surface area contributed by atoms with Gasteiger partial charge in [-0.1, -0.05) is 25.0 Å². The van der Waals surface area contributed by atoms with Crippen LogP contribution in [0.1, 0.15) is 38.2 Å². The number of benzene rings is 1. The number of hydrogen-bond acceptors (Lipinski definition) is 3. The van der Waals surface area contributed by atoms with Gasteiger partial charge in [0, 0.05) is 29.6 Å². The molecule has 1 aromatic carbocycles. The van der Waals surface area contributed by atoms with Gasteiger partial charge in [-0.05, 0) is 37.5 Å². The maximum Gasteiger partial charge on any atom is 0.238 e. The molecule has 1 aliphatic rings. The quantitative estimate of drug-likeness (QED) is 0.837. The molecule has 1 aliphatic heterocycles.